The van der Waals surface area contributed by atoms with Crippen molar-refractivity contribution in [1.82, 2.24) is 10.6 Å². The van der Waals surface area contributed by atoms with Gasteiger partial charge in [-0.1, -0.05) is 0 Å². The number of aliphatic carboxylic acids is 1. The molecule has 0 aromatic rings. The number of carbonyl (C=O) groups is 3. The summed E-state index contributed by atoms with van der Waals surface area (Å²) in [6.45, 7) is -0.134. The summed E-state index contributed by atoms with van der Waals surface area (Å²) in [5.41, 5.74) is -1.02. The second kappa shape index (κ2) is 6.73. The molecule has 0 aromatic heterocycles. The van der Waals surface area contributed by atoms with E-state index in [-0.39, 0.29) is 17.9 Å². The Morgan fingerprint density at radius 2 is 1.62 bits per heavy atom. The maximum Gasteiger partial charge on any atom is 0.330 e. The largest absolute Gasteiger partial charge is 0.479 e. The molecule has 5 fully saturated rings. The van der Waals surface area contributed by atoms with Crippen LogP contribution in [0, 0.1) is 23.2 Å². The standard InChI is InChI=1S/C19H28N2O4S/c22-15(9-18-6-12-3-13(7-18)5-14(4-12)8-18)20-10-16(23)21-19(17(24)25)1-2-26-11-19/h12-14H,1-11H2,(H,20,22)(H,21,23)(H,24,25). The number of hydrogen-bond acceptors (Lipinski definition) is 4. The van der Waals surface area contributed by atoms with Crippen molar-refractivity contribution in [3.05, 3.63) is 0 Å². The van der Waals surface area contributed by atoms with Crippen molar-refractivity contribution in [3.8, 4) is 0 Å². The highest BCUT2D eigenvalue weighted by atomic mass is 32.2. The Labute approximate surface area is 158 Å². The molecule has 2 amide bonds. The average molecular weight is 381 g/mol. The predicted octanol–water partition coefficient (Wildman–Crippen LogP) is 1.79. The lowest BCUT2D eigenvalue weighted by atomic mass is 9.49. The van der Waals surface area contributed by atoms with E-state index in [4.69, 9.17) is 0 Å². The Balaban J connectivity index is 1.28. The molecule has 4 bridgehead atoms. The van der Waals surface area contributed by atoms with Crippen LogP contribution in [0.5, 0.6) is 0 Å². The fourth-order valence-electron chi connectivity index (χ4n) is 6.29. The third-order valence-corrected chi connectivity index (χ3v) is 8.15. The zero-order valence-corrected chi connectivity index (χ0v) is 15.9. The van der Waals surface area contributed by atoms with Crippen molar-refractivity contribution in [1.29, 1.82) is 0 Å². The first-order valence-corrected chi connectivity index (χ1v) is 10.9. The van der Waals surface area contributed by atoms with Gasteiger partial charge in [0.25, 0.3) is 0 Å². The van der Waals surface area contributed by atoms with Gasteiger partial charge in [0.2, 0.25) is 11.8 Å². The number of carboxylic acid groups (broad SMARTS) is 1. The zero-order valence-electron chi connectivity index (χ0n) is 15.1. The number of amides is 2. The van der Waals surface area contributed by atoms with Crippen molar-refractivity contribution in [3.63, 3.8) is 0 Å². The lowest BCUT2D eigenvalue weighted by molar-refractivity contribution is -0.146. The quantitative estimate of drug-likeness (QED) is 0.653. The molecule has 0 radical (unpaired) electrons. The second-order valence-corrected chi connectivity index (χ2v) is 10.2. The van der Waals surface area contributed by atoms with Crippen molar-refractivity contribution in [2.24, 2.45) is 23.2 Å². The summed E-state index contributed by atoms with van der Waals surface area (Å²) in [5, 5.41) is 14.8. The molecule has 4 aliphatic carbocycles. The van der Waals surface area contributed by atoms with Crippen LogP contribution < -0.4 is 10.6 Å². The fraction of sp³-hybridized carbons (Fsp3) is 0.842. The first kappa shape index (κ1) is 18.1. The maximum absolute atomic E-state index is 12.5. The molecule has 0 spiro atoms. The molecule has 144 valence electrons. The number of hydrogen-bond donors (Lipinski definition) is 3. The second-order valence-electron chi connectivity index (χ2n) is 9.11. The summed E-state index contributed by atoms with van der Waals surface area (Å²) >= 11 is 1.53. The number of nitrogens with one attached hydrogen (secondary N) is 2. The minimum Gasteiger partial charge on any atom is -0.479 e. The van der Waals surface area contributed by atoms with Gasteiger partial charge in [0.1, 0.15) is 5.54 Å². The van der Waals surface area contributed by atoms with Gasteiger partial charge < -0.3 is 15.7 Å². The third-order valence-electron chi connectivity index (χ3n) is 6.96. The first-order valence-electron chi connectivity index (χ1n) is 9.77. The van der Waals surface area contributed by atoms with Crippen molar-refractivity contribution in [2.45, 2.75) is 56.9 Å². The van der Waals surface area contributed by atoms with E-state index in [0.717, 1.165) is 23.5 Å². The normalized spacial score (nSPS) is 40.4. The van der Waals surface area contributed by atoms with Gasteiger partial charge in [-0.3, -0.25) is 9.59 Å². The Hall–Kier alpha value is -1.24. The summed E-state index contributed by atoms with van der Waals surface area (Å²) in [7, 11) is 0. The van der Waals surface area contributed by atoms with Gasteiger partial charge >= 0.3 is 5.97 Å². The summed E-state index contributed by atoms with van der Waals surface area (Å²) < 4.78 is 0. The van der Waals surface area contributed by atoms with E-state index >= 15 is 0 Å². The highest BCUT2D eigenvalue weighted by Gasteiger charge is 2.51. The van der Waals surface area contributed by atoms with Crippen LogP contribution in [0.2, 0.25) is 0 Å². The van der Waals surface area contributed by atoms with E-state index in [0.29, 0.717) is 18.6 Å². The van der Waals surface area contributed by atoms with Gasteiger partial charge in [0.05, 0.1) is 6.54 Å². The van der Waals surface area contributed by atoms with Crippen LogP contribution in [-0.2, 0) is 14.4 Å². The van der Waals surface area contributed by atoms with Crippen LogP contribution in [0.4, 0.5) is 0 Å². The Morgan fingerprint density at radius 3 is 2.12 bits per heavy atom. The highest BCUT2D eigenvalue weighted by Crippen LogP contribution is 2.61. The molecule has 26 heavy (non-hydrogen) atoms. The van der Waals surface area contributed by atoms with Gasteiger partial charge in [-0.25, -0.2) is 4.79 Å². The molecule has 7 heteroatoms. The summed E-state index contributed by atoms with van der Waals surface area (Å²) in [4.78, 5) is 36.1. The molecular formula is C19H28N2O4S. The van der Waals surface area contributed by atoms with Crippen molar-refractivity contribution < 1.29 is 19.5 Å². The van der Waals surface area contributed by atoms with E-state index in [9.17, 15) is 19.5 Å². The van der Waals surface area contributed by atoms with E-state index in [2.05, 4.69) is 10.6 Å². The number of carboxylic acids is 1. The van der Waals surface area contributed by atoms with Crippen LogP contribution in [0.25, 0.3) is 0 Å². The number of rotatable bonds is 6. The monoisotopic (exact) mass is 380 g/mol. The molecule has 1 heterocycles. The Bertz CT molecular complexity index is 579. The predicted molar refractivity (Wildman–Crippen MR) is 98.7 cm³/mol. The minimum absolute atomic E-state index is 0.0627. The molecular weight excluding hydrogens is 352 g/mol. The van der Waals surface area contributed by atoms with Gasteiger partial charge in [-0.05, 0) is 73.9 Å². The van der Waals surface area contributed by atoms with E-state index in [1.165, 1.54) is 50.3 Å². The van der Waals surface area contributed by atoms with Gasteiger partial charge in [0, 0.05) is 12.2 Å². The summed E-state index contributed by atoms with van der Waals surface area (Å²) in [5.74, 6) is 2.05. The Kier molecular flexibility index (Phi) is 4.70. The minimum atomic E-state index is -1.17. The van der Waals surface area contributed by atoms with Crippen LogP contribution >= 0.6 is 11.8 Å². The summed E-state index contributed by atoms with van der Waals surface area (Å²) in [6, 6.07) is 0. The number of carbonyl (C=O) groups excluding carboxylic acids is 2. The van der Waals surface area contributed by atoms with E-state index in [1.807, 2.05) is 0 Å². The molecule has 1 aliphatic heterocycles. The molecule has 1 unspecified atom stereocenters. The smallest absolute Gasteiger partial charge is 0.330 e. The maximum atomic E-state index is 12.5. The topological polar surface area (TPSA) is 95.5 Å². The first-order chi connectivity index (χ1) is 12.4. The lowest BCUT2D eigenvalue weighted by Crippen LogP contribution is -2.57. The average Bonchev–Trinajstić information content (AvgIpc) is 3.01. The fourth-order valence-corrected chi connectivity index (χ4v) is 7.61. The molecule has 3 N–H and O–H groups in total. The molecule has 5 aliphatic rings. The Morgan fingerprint density at radius 1 is 1.00 bits per heavy atom. The van der Waals surface area contributed by atoms with E-state index in [1.54, 1.807) is 0 Å². The zero-order chi connectivity index (χ0) is 18.4. The summed E-state index contributed by atoms with van der Waals surface area (Å²) in [6.07, 6.45) is 8.48. The van der Waals surface area contributed by atoms with Crippen LogP contribution in [0.1, 0.15) is 51.4 Å². The van der Waals surface area contributed by atoms with Crippen molar-refractivity contribution in [2.75, 3.05) is 18.1 Å². The molecule has 4 saturated carbocycles. The highest BCUT2D eigenvalue weighted by molar-refractivity contribution is 7.99. The molecule has 5 rings (SSSR count). The van der Waals surface area contributed by atoms with Gasteiger partial charge in [-0.2, -0.15) is 11.8 Å². The number of thioether (sulfide) groups is 1. The van der Waals surface area contributed by atoms with Crippen molar-refractivity contribution >= 4 is 29.5 Å². The van der Waals surface area contributed by atoms with Gasteiger partial charge in [0.15, 0.2) is 0 Å². The van der Waals surface area contributed by atoms with E-state index < -0.39 is 17.4 Å². The van der Waals surface area contributed by atoms with Gasteiger partial charge in [-0.15, -0.1) is 0 Å². The SMILES string of the molecule is O=C(CC12CC3CC(CC(C3)C1)C2)NCC(=O)NC1(C(=O)O)CCSC1. The van der Waals surface area contributed by atoms with Crippen LogP contribution in [-0.4, -0.2) is 46.5 Å². The third kappa shape index (κ3) is 3.47. The van der Waals surface area contributed by atoms with Crippen LogP contribution in [0.15, 0.2) is 0 Å². The molecule has 6 nitrogen and oxygen atoms in total. The molecule has 0 aromatic carbocycles. The lowest BCUT2D eigenvalue weighted by Gasteiger charge is -2.56. The molecule has 1 saturated heterocycles. The molecule has 1 atom stereocenters. The van der Waals surface area contributed by atoms with Crippen LogP contribution in [0.3, 0.4) is 0 Å².